The molecule has 1 aromatic rings. The summed E-state index contributed by atoms with van der Waals surface area (Å²) in [5.74, 6) is 2.42. The van der Waals surface area contributed by atoms with Gasteiger partial charge >= 0.3 is 0 Å². The van der Waals surface area contributed by atoms with E-state index in [1.54, 1.807) is 0 Å². The predicted octanol–water partition coefficient (Wildman–Crippen LogP) is 5.37. The molecule has 0 aromatic heterocycles. The molecule has 1 heteroatoms. The second kappa shape index (κ2) is 8.58. The van der Waals surface area contributed by atoms with E-state index >= 15 is 0 Å². The van der Waals surface area contributed by atoms with Crippen molar-refractivity contribution in [1.29, 1.82) is 0 Å². The third-order valence-corrected chi connectivity index (χ3v) is 5.40. The lowest BCUT2D eigenvalue weighted by Crippen LogP contribution is -2.42. The highest BCUT2D eigenvalue weighted by Crippen LogP contribution is 2.37. The molecule has 1 aliphatic rings. The van der Waals surface area contributed by atoms with Crippen LogP contribution < -0.4 is 5.32 Å². The van der Waals surface area contributed by atoms with Crippen molar-refractivity contribution in [3.05, 3.63) is 35.9 Å². The van der Waals surface area contributed by atoms with Gasteiger partial charge in [0.15, 0.2) is 0 Å². The molecular formula is C20H33N. The lowest BCUT2D eigenvalue weighted by molar-refractivity contribution is 0.193. The van der Waals surface area contributed by atoms with Crippen LogP contribution in [0.25, 0.3) is 0 Å². The molecule has 0 spiro atoms. The second-order valence-corrected chi connectivity index (χ2v) is 6.88. The first-order valence-electron chi connectivity index (χ1n) is 9.04. The molecular weight excluding hydrogens is 254 g/mol. The zero-order valence-corrected chi connectivity index (χ0v) is 14.1. The summed E-state index contributed by atoms with van der Waals surface area (Å²) in [5, 5.41) is 3.88. The fourth-order valence-corrected chi connectivity index (χ4v) is 4.06. The van der Waals surface area contributed by atoms with E-state index in [1.807, 2.05) is 0 Å². The maximum atomic E-state index is 3.88. The van der Waals surface area contributed by atoms with Gasteiger partial charge in [0.2, 0.25) is 0 Å². The molecule has 4 atom stereocenters. The maximum absolute atomic E-state index is 3.88. The zero-order chi connectivity index (χ0) is 15.1. The van der Waals surface area contributed by atoms with Crippen molar-refractivity contribution in [2.75, 3.05) is 6.54 Å². The maximum Gasteiger partial charge on any atom is 0.0161 e. The molecule has 0 aliphatic heterocycles. The van der Waals surface area contributed by atoms with Crippen LogP contribution in [-0.2, 0) is 0 Å². The van der Waals surface area contributed by atoms with Crippen LogP contribution in [0.2, 0.25) is 0 Å². The van der Waals surface area contributed by atoms with Gasteiger partial charge < -0.3 is 5.32 Å². The minimum absolute atomic E-state index is 0.610. The Bertz CT molecular complexity index is 386. The summed E-state index contributed by atoms with van der Waals surface area (Å²) in [6, 6.07) is 11.7. The van der Waals surface area contributed by atoms with Crippen molar-refractivity contribution in [3.8, 4) is 0 Å². The van der Waals surface area contributed by atoms with Crippen molar-refractivity contribution in [2.24, 2.45) is 11.8 Å². The topological polar surface area (TPSA) is 12.0 Å². The summed E-state index contributed by atoms with van der Waals surface area (Å²) in [5.41, 5.74) is 1.49. The molecule has 4 unspecified atom stereocenters. The third kappa shape index (κ3) is 4.57. The van der Waals surface area contributed by atoms with Crippen LogP contribution in [0.4, 0.5) is 0 Å². The van der Waals surface area contributed by atoms with Crippen LogP contribution in [0, 0.1) is 11.8 Å². The summed E-state index contributed by atoms with van der Waals surface area (Å²) in [6.45, 7) is 8.20. The molecule has 1 fully saturated rings. The summed E-state index contributed by atoms with van der Waals surface area (Å²) in [6.07, 6.45) is 8.30. The monoisotopic (exact) mass is 287 g/mol. The molecule has 21 heavy (non-hydrogen) atoms. The summed E-state index contributed by atoms with van der Waals surface area (Å²) in [7, 11) is 0. The minimum atomic E-state index is 0.610. The highest BCUT2D eigenvalue weighted by Gasteiger charge is 2.31. The van der Waals surface area contributed by atoms with Gasteiger partial charge in [0.1, 0.15) is 0 Å². The van der Waals surface area contributed by atoms with Gasteiger partial charge in [-0.1, -0.05) is 70.4 Å². The molecule has 1 saturated carbocycles. The Morgan fingerprint density at radius 3 is 2.57 bits per heavy atom. The number of hydrogen-bond acceptors (Lipinski definition) is 1. The summed E-state index contributed by atoms with van der Waals surface area (Å²) < 4.78 is 0. The number of nitrogens with one attached hydrogen (secondary N) is 1. The average Bonchev–Trinajstić information content (AvgIpc) is 2.56. The van der Waals surface area contributed by atoms with Crippen LogP contribution in [0.15, 0.2) is 30.3 Å². The standard InChI is InChI=1S/C20H33N/c1-4-14-21-20(16(3)18-11-7-6-8-12-18)19-13-9-10-17(5-2)15-19/h6-8,11-12,16-17,19-21H,4-5,9-10,13-15H2,1-3H3. The highest BCUT2D eigenvalue weighted by atomic mass is 14.9. The first-order chi connectivity index (χ1) is 10.3. The second-order valence-electron chi connectivity index (χ2n) is 6.88. The van der Waals surface area contributed by atoms with Crippen molar-refractivity contribution in [2.45, 2.75) is 71.3 Å². The van der Waals surface area contributed by atoms with Crippen LogP contribution in [0.5, 0.6) is 0 Å². The van der Waals surface area contributed by atoms with Crippen molar-refractivity contribution < 1.29 is 0 Å². The largest absolute Gasteiger partial charge is 0.313 e. The average molecular weight is 287 g/mol. The van der Waals surface area contributed by atoms with E-state index in [2.05, 4.69) is 56.4 Å². The number of rotatable bonds is 7. The fraction of sp³-hybridized carbons (Fsp3) is 0.700. The van der Waals surface area contributed by atoms with Gasteiger partial charge in [-0.2, -0.15) is 0 Å². The van der Waals surface area contributed by atoms with Crippen LogP contribution in [0.3, 0.4) is 0 Å². The van der Waals surface area contributed by atoms with Crippen molar-refractivity contribution >= 4 is 0 Å². The molecule has 0 amide bonds. The van der Waals surface area contributed by atoms with Gasteiger partial charge in [0.25, 0.3) is 0 Å². The van der Waals surface area contributed by atoms with Gasteiger partial charge in [-0.3, -0.25) is 0 Å². The zero-order valence-electron chi connectivity index (χ0n) is 14.1. The normalized spacial score (nSPS) is 25.5. The van der Waals surface area contributed by atoms with Gasteiger partial charge in [0, 0.05) is 6.04 Å². The fourth-order valence-electron chi connectivity index (χ4n) is 4.06. The molecule has 0 bridgehead atoms. The van der Waals surface area contributed by atoms with E-state index in [-0.39, 0.29) is 0 Å². The molecule has 1 nitrogen and oxygen atoms in total. The molecule has 118 valence electrons. The smallest absolute Gasteiger partial charge is 0.0161 e. The van der Waals surface area contributed by atoms with Crippen LogP contribution >= 0.6 is 0 Å². The first-order valence-corrected chi connectivity index (χ1v) is 9.04. The van der Waals surface area contributed by atoms with Gasteiger partial charge in [0.05, 0.1) is 0 Å². The molecule has 1 aliphatic carbocycles. The lowest BCUT2D eigenvalue weighted by Gasteiger charge is -2.38. The van der Waals surface area contributed by atoms with E-state index < -0.39 is 0 Å². The minimum Gasteiger partial charge on any atom is -0.313 e. The Morgan fingerprint density at radius 1 is 1.14 bits per heavy atom. The Balaban J connectivity index is 2.09. The summed E-state index contributed by atoms with van der Waals surface area (Å²) >= 11 is 0. The van der Waals surface area contributed by atoms with Gasteiger partial charge in [-0.15, -0.1) is 0 Å². The van der Waals surface area contributed by atoms with E-state index in [0.29, 0.717) is 12.0 Å². The lowest BCUT2D eigenvalue weighted by atomic mass is 9.72. The molecule has 1 aromatic carbocycles. The van der Waals surface area contributed by atoms with Crippen LogP contribution in [0.1, 0.15) is 70.8 Å². The van der Waals surface area contributed by atoms with Crippen LogP contribution in [-0.4, -0.2) is 12.6 Å². The Kier molecular flexibility index (Phi) is 6.76. The van der Waals surface area contributed by atoms with E-state index in [0.717, 1.165) is 18.4 Å². The Hall–Kier alpha value is -0.820. The summed E-state index contributed by atoms with van der Waals surface area (Å²) in [4.78, 5) is 0. The quantitative estimate of drug-likeness (QED) is 0.710. The number of benzene rings is 1. The molecule has 0 radical (unpaired) electrons. The van der Waals surface area contributed by atoms with Crippen molar-refractivity contribution in [1.82, 2.24) is 5.32 Å². The molecule has 0 heterocycles. The van der Waals surface area contributed by atoms with Gasteiger partial charge in [-0.25, -0.2) is 0 Å². The Labute approximate surface area is 131 Å². The van der Waals surface area contributed by atoms with E-state index in [4.69, 9.17) is 0 Å². The van der Waals surface area contributed by atoms with E-state index in [9.17, 15) is 0 Å². The number of hydrogen-bond donors (Lipinski definition) is 1. The predicted molar refractivity (Wildman–Crippen MR) is 92.7 cm³/mol. The molecule has 0 saturated heterocycles. The van der Waals surface area contributed by atoms with Crippen molar-refractivity contribution in [3.63, 3.8) is 0 Å². The first kappa shape index (κ1) is 16.5. The van der Waals surface area contributed by atoms with E-state index in [1.165, 1.54) is 44.1 Å². The van der Waals surface area contributed by atoms with Gasteiger partial charge in [-0.05, 0) is 49.1 Å². The third-order valence-electron chi connectivity index (χ3n) is 5.40. The molecule has 1 N–H and O–H groups in total. The molecule has 2 rings (SSSR count). The SMILES string of the molecule is CCCNC(C1CCCC(CC)C1)C(C)c1ccccc1. The Morgan fingerprint density at radius 2 is 1.90 bits per heavy atom. The highest BCUT2D eigenvalue weighted by molar-refractivity contribution is 5.21.